The zero-order valence-corrected chi connectivity index (χ0v) is 13.4. The van der Waals surface area contributed by atoms with E-state index in [1.165, 1.54) is 12.0 Å². The predicted octanol–water partition coefficient (Wildman–Crippen LogP) is 3.80. The van der Waals surface area contributed by atoms with Crippen LogP contribution >= 0.6 is 11.8 Å². The van der Waals surface area contributed by atoms with Gasteiger partial charge in [-0.1, -0.05) is 43.8 Å². The minimum absolute atomic E-state index is 0.466. The van der Waals surface area contributed by atoms with Crippen molar-refractivity contribution in [3.8, 4) is 0 Å². The maximum atomic E-state index is 5.17. The summed E-state index contributed by atoms with van der Waals surface area (Å²) in [5.74, 6) is 1.80. The Bertz CT molecular complexity index is 460. The molecular formula is C16H24N2OS. The van der Waals surface area contributed by atoms with E-state index in [1.807, 2.05) is 11.8 Å². The first kappa shape index (κ1) is 15.4. The summed E-state index contributed by atoms with van der Waals surface area (Å²) in [6, 6.07) is 8.86. The van der Waals surface area contributed by atoms with Gasteiger partial charge in [0.05, 0.1) is 12.6 Å². The molecule has 0 saturated carbocycles. The summed E-state index contributed by atoms with van der Waals surface area (Å²) in [5, 5.41) is 4.54. The van der Waals surface area contributed by atoms with E-state index in [0.29, 0.717) is 12.0 Å². The average molecular weight is 292 g/mol. The number of thioether (sulfide) groups is 1. The monoisotopic (exact) mass is 292 g/mol. The van der Waals surface area contributed by atoms with Gasteiger partial charge in [0, 0.05) is 18.6 Å². The normalized spacial score (nSPS) is 18.4. The highest BCUT2D eigenvalue weighted by Gasteiger charge is 2.19. The van der Waals surface area contributed by atoms with Crippen LogP contribution in [0.2, 0.25) is 0 Å². The van der Waals surface area contributed by atoms with E-state index in [1.54, 1.807) is 7.11 Å². The summed E-state index contributed by atoms with van der Waals surface area (Å²) >= 11 is 1.83. The van der Waals surface area contributed by atoms with E-state index in [9.17, 15) is 0 Å². The molecule has 1 heterocycles. The average Bonchev–Trinajstić information content (AvgIpc) is 2.84. The molecule has 0 aliphatic carbocycles. The second-order valence-corrected chi connectivity index (χ2v) is 6.56. The van der Waals surface area contributed by atoms with Crippen molar-refractivity contribution in [1.29, 1.82) is 0 Å². The van der Waals surface area contributed by atoms with E-state index in [2.05, 4.69) is 43.4 Å². The maximum absolute atomic E-state index is 5.17. The largest absolute Gasteiger partial charge is 0.384 e. The molecule has 110 valence electrons. The Balaban J connectivity index is 1.99. The van der Waals surface area contributed by atoms with E-state index >= 15 is 0 Å². The number of hydrogen-bond donors (Lipinski definition) is 1. The van der Waals surface area contributed by atoms with E-state index in [0.717, 1.165) is 29.6 Å². The van der Waals surface area contributed by atoms with Crippen molar-refractivity contribution < 1.29 is 4.74 Å². The number of rotatable bonds is 6. The lowest BCUT2D eigenvalue weighted by molar-refractivity contribution is 0.202. The Morgan fingerprint density at radius 3 is 2.95 bits per heavy atom. The number of nitrogens with zero attached hydrogens (tertiary/aromatic N) is 1. The van der Waals surface area contributed by atoms with Crippen LogP contribution in [0.3, 0.4) is 0 Å². The van der Waals surface area contributed by atoms with Crippen LogP contribution < -0.4 is 5.32 Å². The second kappa shape index (κ2) is 7.70. The number of aliphatic imine (C=N–C) groups is 1. The highest BCUT2D eigenvalue weighted by atomic mass is 32.2. The molecule has 0 aromatic heterocycles. The first-order chi connectivity index (χ1) is 9.69. The Morgan fingerprint density at radius 1 is 1.40 bits per heavy atom. The highest BCUT2D eigenvalue weighted by molar-refractivity contribution is 8.14. The predicted molar refractivity (Wildman–Crippen MR) is 88.8 cm³/mol. The van der Waals surface area contributed by atoms with Gasteiger partial charge in [0.15, 0.2) is 5.17 Å². The van der Waals surface area contributed by atoms with Gasteiger partial charge in [-0.3, -0.25) is 4.99 Å². The summed E-state index contributed by atoms with van der Waals surface area (Å²) in [5.41, 5.74) is 2.44. The van der Waals surface area contributed by atoms with Gasteiger partial charge >= 0.3 is 0 Å². The number of para-hydroxylation sites is 1. The fourth-order valence-electron chi connectivity index (χ4n) is 2.34. The molecule has 1 aromatic carbocycles. The third-order valence-electron chi connectivity index (χ3n) is 3.29. The van der Waals surface area contributed by atoms with Crippen molar-refractivity contribution in [3.05, 3.63) is 29.8 Å². The molecule has 1 aromatic rings. The SMILES string of the molecule is COCCc1ccccc1NC1=NC(CC(C)C)CS1. The molecule has 3 nitrogen and oxygen atoms in total. The highest BCUT2D eigenvalue weighted by Crippen LogP contribution is 2.25. The van der Waals surface area contributed by atoms with Crippen molar-refractivity contribution >= 4 is 22.6 Å². The molecule has 0 bridgehead atoms. The van der Waals surface area contributed by atoms with Gasteiger partial charge in [0.1, 0.15) is 0 Å². The molecule has 4 heteroatoms. The summed E-state index contributed by atoms with van der Waals surface area (Å²) < 4.78 is 5.17. The van der Waals surface area contributed by atoms with Crippen molar-refractivity contribution in [1.82, 2.24) is 0 Å². The topological polar surface area (TPSA) is 33.6 Å². The van der Waals surface area contributed by atoms with Gasteiger partial charge in [-0.25, -0.2) is 0 Å². The fourth-order valence-corrected chi connectivity index (χ4v) is 3.30. The van der Waals surface area contributed by atoms with Crippen LogP contribution in [0.1, 0.15) is 25.8 Å². The van der Waals surface area contributed by atoms with Gasteiger partial charge in [0.25, 0.3) is 0 Å². The fraction of sp³-hybridized carbons (Fsp3) is 0.562. The third-order valence-corrected chi connectivity index (χ3v) is 4.32. The Morgan fingerprint density at radius 2 is 2.20 bits per heavy atom. The Kier molecular flexibility index (Phi) is 5.92. The number of ether oxygens (including phenoxy) is 1. The quantitative estimate of drug-likeness (QED) is 0.865. The van der Waals surface area contributed by atoms with Gasteiger partial charge in [-0.2, -0.15) is 0 Å². The number of nitrogens with one attached hydrogen (secondary N) is 1. The van der Waals surface area contributed by atoms with Crippen molar-refractivity contribution in [2.45, 2.75) is 32.7 Å². The van der Waals surface area contributed by atoms with Crippen molar-refractivity contribution in [2.75, 3.05) is 24.8 Å². The van der Waals surface area contributed by atoms with Crippen molar-refractivity contribution in [3.63, 3.8) is 0 Å². The zero-order chi connectivity index (χ0) is 14.4. The van der Waals surface area contributed by atoms with E-state index < -0.39 is 0 Å². The first-order valence-electron chi connectivity index (χ1n) is 7.23. The number of anilines is 1. The van der Waals surface area contributed by atoms with Crippen molar-refractivity contribution in [2.24, 2.45) is 10.9 Å². The molecule has 0 amide bonds. The standard InChI is InChI=1S/C16H24N2OS/c1-12(2)10-14-11-20-16(17-14)18-15-7-5-4-6-13(15)8-9-19-3/h4-7,12,14H,8-11H2,1-3H3,(H,17,18). The summed E-state index contributed by atoms with van der Waals surface area (Å²) in [6.45, 7) is 5.26. The smallest absolute Gasteiger partial charge is 0.161 e. The van der Waals surface area contributed by atoms with Crippen LogP contribution in [0.5, 0.6) is 0 Å². The number of hydrogen-bond acceptors (Lipinski definition) is 4. The van der Waals surface area contributed by atoms with Crippen LogP contribution in [-0.4, -0.2) is 30.7 Å². The first-order valence-corrected chi connectivity index (χ1v) is 8.22. The molecule has 20 heavy (non-hydrogen) atoms. The van der Waals surface area contributed by atoms with Crippen LogP contribution in [0, 0.1) is 5.92 Å². The van der Waals surface area contributed by atoms with Gasteiger partial charge < -0.3 is 10.1 Å². The summed E-state index contributed by atoms with van der Waals surface area (Å²) in [6.07, 6.45) is 2.09. The number of methoxy groups -OCH3 is 1. The zero-order valence-electron chi connectivity index (χ0n) is 12.6. The molecule has 0 saturated heterocycles. The number of amidine groups is 1. The lowest BCUT2D eigenvalue weighted by Crippen LogP contribution is -2.09. The molecule has 1 aliphatic rings. The van der Waals surface area contributed by atoms with Crippen LogP contribution in [0.15, 0.2) is 29.3 Å². The van der Waals surface area contributed by atoms with Gasteiger partial charge in [-0.15, -0.1) is 0 Å². The van der Waals surface area contributed by atoms with Gasteiger partial charge in [0.2, 0.25) is 0 Å². The molecule has 1 unspecified atom stereocenters. The molecule has 1 N–H and O–H groups in total. The second-order valence-electron chi connectivity index (χ2n) is 5.55. The molecule has 1 atom stereocenters. The van der Waals surface area contributed by atoms with Crippen LogP contribution in [0.25, 0.3) is 0 Å². The number of benzene rings is 1. The summed E-state index contributed by atoms with van der Waals surface area (Å²) in [4.78, 5) is 4.78. The lowest BCUT2D eigenvalue weighted by Gasteiger charge is -2.11. The lowest BCUT2D eigenvalue weighted by atomic mass is 10.1. The van der Waals surface area contributed by atoms with Crippen LogP contribution in [-0.2, 0) is 11.2 Å². The minimum Gasteiger partial charge on any atom is -0.384 e. The van der Waals surface area contributed by atoms with E-state index in [-0.39, 0.29) is 0 Å². The Labute approximate surface area is 126 Å². The molecule has 0 fully saturated rings. The third kappa shape index (κ3) is 4.53. The van der Waals surface area contributed by atoms with Gasteiger partial charge in [-0.05, 0) is 30.4 Å². The molecule has 1 aliphatic heterocycles. The minimum atomic E-state index is 0.466. The Hall–Kier alpha value is -1.000. The molecule has 0 spiro atoms. The summed E-state index contributed by atoms with van der Waals surface area (Å²) in [7, 11) is 1.74. The maximum Gasteiger partial charge on any atom is 0.161 e. The molecular weight excluding hydrogens is 268 g/mol. The van der Waals surface area contributed by atoms with E-state index in [4.69, 9.17) is 9.73 Å². The molecule has 0 radical (unpaired) electrons. The van der Waals surface area contributed by atoms with Crippen LogP contribution in [0.4, 0.5) is 5.69 Å². The molecule has 2 rings (SSSR count).